The SMILES string of the molecule is CCOC(=O)c1cnn(-c2ccc(C(=O)OCCNC(=O)CCc3ccc(C)cc3)cc2)c1C. The van der Waals surface area contributed by atoms with Crippen LogP contribution in [0.15, 0.2) is 54.7 Å². The Balaban J connectivity index is 1.44. The maximum absolute atomic E-state index is 12.3. The normalized spacial score (nSPS) is 10.6. The van der Waals surface area contributed by atoms with E-state index in [1.54, 1.807) is 42.8 Å². The Kier molecular flexibility index (Phi) is 8.56. The molecule has 8 nitrogen and oxygen atoms in total. The summed E-state index contributed by atoms with van der Waals surface area (Å²) < 4.78 is 11.9. The number of rotatable bonds is 10. The van der Waals surface area contributed by atoms with Crippen molar-refractivity contribution in [2.24, 2.45) is 0 Å². The van der Waals surface area contributed by atoms with Gasteiger partial charge in [-0.25, -0.2) is 14.3 Å². The number of nitrogens with one attached hydrogen (secondary N) is 1. The first-order valence-electron chi connectivity index (χ1n) is 11.2. The lowest BCUT2D eigenvalue weighted by molar-refractivity contribution is -0.121. The van der Waals surface area contributed by atoms with Crippen molar-refractivity contribution in [3.05, 3.63) is 82.7 Å². The zero-order chi connectivity index (χ0) is 24.5. The van der Waals surface area contributed by atoms with Crippen LogP contribution in [0, 0.1) is 13.8 Å². The minimum absolute atomic E-state index is 0.0814. The maximum Gasteiger partial charge on any atom is 0.341 e. The van der Waals surface area contributed by atoms with E-state index in [-0.39, 0.29) is 25.7 Å². The Morgan fingerprint density at radius 1 is 0.941 bits per heavy atom. The van der Waals surface area contributed by atoms with Crippen LogP contribution < -0.4 is 5.32 Å². The van der Waals surface area contributed by atoms with E-state index < -0.39 is 11.9 Å². The smallest absolute Gasteiger partial charge is 0.341 e. The van der Waals surface area contributed by atoms with Gasteiger partial charge < -0.3 is 14.8 Å². The molecule has 0 radical (unpaired) electrons. The number of aromatic nitrogens is 2. The molecule has 3 aromatic rings. The average molecular weight is 464 g/mol. The van der Waals surface area contributed by atoms with Crippen molar-refractivity contribution in [3.63, 3.8) is 0 Å². The van der Waals surface area contributed by atoms with Crippen molar-refractivity contribution in [1.82, 2.24) is 15.1 Å². The molecule has 0 aliphatic rings. The van der Waals surface area contributed by atoms with Gasteiger partial charge in [0, 0.05) is 6.42 Å². The largest absolute Gasteiger partial charge is 0.462 e. The van der Waals surface area contributed by atoms with E-state index in [2.05, 4.69) is 10.4 Å². The summed E-state index contributed by atoms with van der Waals surface area (Å²) in [5.41, 5.74) is 4.41. The van der Waals surface area contributed by atoms with Crippen molar-refractivity contribution in [1.29, 1.82) is 0 Å². The van der Waals surface area contributed by atoms with E-state index in [4.69, 9.17) is 9.47 Å². The first-order chi connectivity index (χ1) is 16.4. The molecule has 1 N–H and O–H groups in total. The molecule has 178 valence electrons. The molecule has 1 amide bonds. The predicted octanol–water partition coefficient (Wildman–Crippen LogP) is 3.57. The van der Waals surface area contributed by atoms with E-state index >= 15 is 0 Å². The fourth-order valence-corrected chi connectivity index (χ4v) is 3.34. The van der Waals surface area contributed by atoms with Gasteiger partial charge in [-0.05, 0) is 57.0 Å². The second-order valence-corrected chi connectivity index (χ2v) is 7.79. The second-order valence-electron chi connectivity index (χ2n) is 7.79. The van der Waals surface area contributed by atoms with Crippen LogP contribution in [0.5, 0.6) is 0 Å². The fourth-order valence-electron chi connectivity index (χ4n) is 3.34. The summed E-state index contributed by atoms with van der Waals surface area (Å²) in [5.74, 6) is -0.990. The van der Waals surface area contributed by atoms with Gasteiger partial charge in [-0.15, -0.1) is 0 Å². The summed E-state index contributed by atoms with van der Waals surface area (Å²) in [7, 11) is 0. The molecule has 0 atom stereocenters. The fraction of sp³-hybridized carbons (Fsp3) is 0.308. The summed E-state index contributed by atoms with van der Waals surface area (Å²) in [4.78, 5) is 36.2. The highest BCUT2D eigenvalue weighted by atomic mass is 16.5. The summed E-state index contributed by atoms with van der Waals surface area (Å²) in [6.07, 6.45) is 2.50. The van der Waals surface area contributed by atoms with E-state index in [9.17, 15) is 14.4 Å². The molecule has 1 aromatic heterocycles. The average Bonchev–Trinajstić information content (AvgIpc) is 3.23. The zero-order valence-corrected chi connectivity index (χ0v) is 19.7. The molecule has 2 aromatic carbocycles. The highest BCUT2D eigenvalue weighted by Gasteiger charge is 2.16. The summed E-state index contributed by atoms with van der Waals surface area (Å²) in [6, 6.07) is 14.8. The van der Waals surface area contributed by atoms with Gasteiger partial charge in [0.25, 0.3) is 0 Å². The Bertz CT molecular complexity index is 1130. The van der Waals surface area contributed by atoms with Crippen LogP contribution in [0.25, 0.3) is 5.69 Å². The molecule has 0 fully saturated rings. The number of hydrogen-bond acceptors (Lipinski definition) is 6. The summed E-state index contributed by atoms with van der Waals surface area (Å²) >= 11 is 0. The van der Waals surface area contributed by atoms with Crippen LogP contribution in [-0.4, -0.2) is 47.4 Å². The van der Waals surface area contributed by atoms with Crippen LogP contribution >= 0.6 is 0 Å². The quantitative estimate of drug-likeness (QED) is 0.365. The number of hydrogen-bond donors (Lipinski definition) is 1. The predicted molar refractivity (Wildman–Crippen MR) is 127 cm³/mol. The van der Waals surface area contributed by atoms with Gasteiger partial charge >= 0.3 is 11.9 Å². The minimum Gasteiger partial charge on any atom is -0.462 e. The van der Waals surface area contributed by atoms with Gasteiger partial charge in [-0.2, -0.15) is 5.10 Å². The van der Waals surface area contributed by atoms with Crippen LogP contribution in [0.2, 0.25) is 0 Å². The number of ether oxygens (including phenoxy) is 2. The molecule has 8 heteroatoms. The zero-order valence-electron chi connectivity index (χ0n) is 19.7. The topological polar surface area (TPSA) is 99.5 Å². The van der Waals surface area contributed by atoms with Crippen LogP contribution in [0.3, 0.4) is 0 Å². The Morgan fingerprint density at radius 3 is 2.32 bits per heavy atom. The van der Waals surface area contributed by atoms with Gasteiger partial charge in [0.2, 0.25) is 5.91 Å². The third-order valence-electron chi connectivity index (χ3n) is 5.27. The van der Waals surface area contributed by atoms with Crippen molar-refractivity contribution >= 4 is 17.8 Å². The molecule has 34 heavy (non-hydrogen) atoms. The lowest BCUT2D eigenvalue weighted by atomic mass is 10.1. The number of amides is 1. The molecule has 0 unspecified atom stereocenters. The highest BCUT2D eigenvalue weighted by molar-refractivity contribution is 5.91. The number of aryl methyl sites for hydroxylation is 2. The van der Waals surface area contributed by atoms with Crippen LogP contribution in [-0.2, 0) is 20.7 Å². The lowest BCUT2D eigenvalue weighted by Crippen LogP contribution is -2.28. The van der Waals surface area contributed by atoms with E-state index in [1.807, 2.05) is 31.2 Å². The molecule has 3 rings (SSSR count). The minimum atomic E-state index is -0.482. The number of carbonyl (C=O) groups excluding carboxylic acids is 3. The van der Waals surface area contributed by atoms with Gasteiger partial charge in [-0.1, -0.05) is 29.8 Å². The number of nitrogens with zero attached hydrogens (tertiary/aromatic N) is 2. The number of esters is 2. The summed E-state index contributed by atoms with van der Waals surface area (Å²) in [6.45, 7) is 6.16. The molecular formula is C26H29N3O5. The van der Waals surface area contributed by atoms with E-state index in [0.29, 0.717) is 35.3 Å². The second kappa shape index (κ2) is 11.8. The number of benzene rings is 2. The Hall–Kier alpha value is -3.94. The van der Waals surface area contributed by atoms with Gasteiger partial charge in [0.05, 0.1) is 36.3 Å². The molecule has 1 heterocycles. The van der Waals surface area contributed by atoms with Crippen molar-refractivity contribution in [3.8, 4) is 5.69 Å². The maximum atomic E-state index is 12.3. The van der Waals surface area contributed by atoms with E-state index in [1.165, 1.54) is 11.8 Å². The third-order valence-corrected chi connectivity index (χ3v) is 5.27. The molecule has 0 aliphatic heterocycles. The molecular weight excluding hydrogens is 434 g/mol. The standard InChI is InChI=1S/C26H29N3O5/c1-4-33-26(32)23-17-28-29(19(23)3)22-12-10-21(11-13-22)25(31)34-16-15-27-24(30)14-9-20-7-5-18(2)6-8-20/h5-8,10-13,17H,4,9,14-16H2,1-3H3,(H,27,30). The van der Waals surface area contributed by atoms with Crippen LogP contribution in [0.1, 0.15) is 50.9 Å². The molecule has 0 bridgehead atoms. The molecule has 0 saturated carbocycles. The highest BCUT2D eigenvalue weighted by Crippen LogP contribution is 2.16. The Labute approximate surface area is 198 Å². The molecule has 0 saturated heterocycles. The van der Waals surface area contributed by atoms with Crippen molar-refractivity contribution in [2.75, 3.05) is 19.8 Å². The van der Waals surface area contributed by atoms with Crippen LogP contribution in [0.4, 0.5) is 0 Å². The first kappa shape index (κ1) is 24.7. The van der Waals surface area contributed by atoms with Gasteiger partial charge in [-0.3, -0.25) is 4.79 Å². The third kappa shape index (κ3) is 6.54. The van der Waals surface area contributed by atoms with E-state index in [0.717, 1.165) is 5.56 Å². The lowest BCUT2D eigenvalue weighted by Gasteiger charge is -2.09. The summed E-state index contributed by atoms with van der Waals surface area (Å²) in [5, 5.41) is 7.00. The monoisotopic (exact) mass is 463 g/mol. The molecule has 0 aliphatic carbocycles. The van der Waals surface area contributed by atoms with Gasteiger partial charge in [0.15, 0.2) is 0 Å². The van der Waals surface area contributed by atoms with Crippen molar-refractivity contribution in [2.45, 2.75) is 33.6 Å². The van der Waals surface area contributed by atoms with Crippen molar-refractivity contribution < 1.29 is 23.9 Å². The molecule has 0 spiro atoms. The first-order valence-corrected chi connectivity index (χ1v) is 11.2. The Morgan fingerprint density at radius 2 is 1.65 bits per heavy atom. The number of carbonyl (C=O) groups is 3. The van der Waals surface area contributed by atoms with Gasteiger partial charge in [0.1, 0.15) is 12.2 Å².